The lowest BCUT2D eigenvalue weighted by Crippen LogP contribution is -2.35. The molecule has 2 amide bonds. The van der Waals surface area contributed by atoms with E-state index in [1.807, 2.05) is 6.92 Å². The standard InChI is InChI=1S/C23H23FN6O3S/c1-12(10-31)26-21(32)18-7-15(9-30-20(18)28-23(25)29-30)16-8-19(34-11-16)22(33)27-13(2)14-3-5-17(24)6-4-14/h3-9,11-13,31H,10H2,1-2H3,(H2,25,29)(H,26,32)(H,27,33)/t12-,13-/m0/s1. The number of nitrogens with one attached hydrogen (secondary N) is 2. The Kier molecular flexibility index (Phi) is 6.57. The first-order valence-electron chi connectivity index (χ1n) is 10.5. The van der Waals surface area contributed by atoms with E-state index in [4.69, 9.17) is 5.73 Å². The van der Waals surface area contributed by atoms with Gasteiger partial charge in [-0.2, -0.15) is 4.98 Å². The van der Waals surface area contributed by atoms with Gasteiger partial charge in [0.15, 0.2) is 5.65 Å². The molecular weight excluding hydrogens is 459 g/mol. The van der Waals surface area contributed by atoms with E-state index in [-0.39, 0.29) is 41.5 Å². The van der Waals surface area contributed by atoms with Crippen molar-refractivity contribution >= 4 is 34.7 Å². The molecule has 0 fully saturated rings. The number of hydrogen-bond donors (Lipinski definition) is 4. The molecule has 0 radical (unpaired) electrons. The minimum atomic E-state index is -0.448. The smallest absolute Gasteiger partial charge is 0.261 e. The number of carbonyl (C=O) groups excluding carboxylic acids is 2. The molecule has 1 aromatic carbocycles. The fourth-order valence-electron chi connectivity index (χ4n) is 3.38. The number of nitrogen functional groups attached to an aromatic ring is 1. The first-order valence-corrected chi connectivity index (χ1v) is 11.4. The summed E-state index contributed by atoms with van der Waals surface area (Å²) >= 11 is 1.26. The minimum Gasteiger partial charge on any atom is -0.394 e. The number of nitrogens with two attached hydrogens (primary N) is 1. The van der Waals surface area contributed by atoms with Gasteiger partial charge in [-0.15, -0.1) is 16.4 Å². The van der Waals surface area contributed by atoms with Gasteiger partial charge in [0.25, 0.3) is 11.8 Å². The molecule has 3 aromatic heterocycles. The van der Waals surface area contributed by atoms with Crippen LogP contribution < -0.4 is 16.4 Å². The molecule has 0 saturated carbocycles. The molecule has 0 unspecified atom stereocenters. The second kappa shape index (κ2) is 9.57. The predicted molar refractivity (Wildman–Crippen MR) is 127 cm³/mol. The quantitative estimate of drug-likeness (QED) is 0.320. The van der Waals surface area contributed by atoms with Crippen LogP contribution in [-0.2, 0) is 0 Å². The van der Waals surface area contributed by atoms with Crippen molar-refractivity contribution in [3.05, 3.63) is 69.8 Å². The number of aliphatic hydroxyl groups excluding tert-OH is 1. The molecule has 0 aliphatic carbocycles. The lowest BCUT2D eigenvalue weighted by molar-refractivity contribution is 0.0920. The number of fused-ring (bicyclic) bond motifs is 1. The van der Waals surface area contributed by atoms with Gasteiger partial charge in [-0.25, -0.2) is 8.91 Å². The molecule has 9 nitrogen and oxygen atoms in total. The second-order valence-electron chi connectivity index (χ2n) is 7.88. The number of benzene rings is 1. The van der Waals surface area contributed by atoms with Gasteiger partial charge < -0.3 is 21.5 Å². The van der Waals surface area contributed by atoms with Gasteiger partial charge in [-0.1, -0.05) is 12.1 Å². The van der Waals surface area contributed by atoms with E-state index in [1.54, 1.807) is 42.8 Å². The average Bonchev–Trinajstić information content (AvgIpc) is 3.44. The third-order valence-corrected chi connectivity index (χ3v) is 6.15. The maximum atomic E-state index is 13.2. The van der Waals surface area contributed by atoms with E-state index in [2.05, 4.69) is 20.7 Å². The molecular formula is C23H23FN6O3S. The summed E-state index contributed by atoms with van der Waals surface area (Å²) in [5.41, 5.74) is 8.40. The van der Waals surface area contributed by atoms with Crippen molar-refractivity contribution in [2.75, 3.05) is 12.3 Å². The molecule has 0 aliphatic rings. The fraction of sp³-hybridized carbons (Fsp3) is 0.217. The molecule has 0 aliphatic heterocycles. The fourth-order valence-corrected chi connectivity index (χ4v) is 4.20. The average molecular weight is 483 g/mol. The van der Waals surface area contributed by atoms with Gasteiger partial charge in [-0.05, 0) is 54.6 Å². The Morgan fingerprint density at radius 1 is 1.15 bits per heavy atom. The number of pyridine rings is 1. The molecule has 176 valence electrons. The van der Waals surface area contributed by atoms with Crippen LogP contribution in [0.3, 0.4) is 0 Å². The summed E-state index contributed by atoms with van der Waals surface area (Å²) in [5.74, 6) is -1.02. The van der Waals surface area contributed by atoms with Crippen molar-refractivity contribution in [3.63, 3.8) is 0 Å². The number of halogens is 1. The zero-order chi connectivity index (χ0) is 24.4. The highest BCUT2D eigenvalue weighted by Gasteiger charge is 2.19. The van der Waals surface area contributed by atoms with E-state index in [0.29, 0.717) is 16.0 Å². The minimum absolute atomic E-state index is 0.0153. The summed E-state index contributed by atoms with van der Waals surface area (Å²) in [4.78, 5) is 30.2. The Morgan fingerprint density at radius 3 is 2.59 bits per heavy atom. The summed E-state index contributed by atoms with van der Waals surface area (Å²) in [7, 11) is 0. The SMILES string of the molecule is C[C@H](NC(=O)c1cc(-c2cc(C(=O)N[C@@H](C)CO)c3nc(N)nn3c2)cs1)c1ccc(F)cc1. The number of aliphatic hydroxyl groups is 1. The molecule has 0 saturated heterocycles. The van der Waals surface area contributed by atoms with Crippen molar-refractivity contribution in [3.8, 4) is 11.1 Å². The summed E-state index contributed by atoms with van der Waals surface area (Å²) in [6, 6.07) is 8.57. The number of carbonyl (C=O) groups is 2. The van der Waals surface area contributed by atoms with E-state index < -0.39 is 11.9 Å². The number of hydrogen-bond acceptors (Lipinski definition) is 7. The number of amides is 2. The lowest BCUT2D eigenvalue weighted by Gasteiger charge is -2.13. The van der Waals surface area contributed by atoms with Crippen LogP contribution >= 0.6 is 11.3 Å². The Balaban J connectivity index is 1.60. The first kappa shape index (κ1) is 23.3. The van der Waals surface area contributed by atoms with Crippen LogP contribution in [0.2, 0.25) is 0 Å². The zero-order valence-electron chi connectivity index (χ0n) is 18.4. The molecule has 4 aromatic rings. The molecule has 2 atom stereocenters. The summed E-state index contributed by atoms with van der Waals surface area (Å²) in [6.07, 6.45) is 1.68. The van der Waals surface area contributed by atoms with Crippen molar-refractivity contribution in [2.24, 2.45) is 0 Å². The van der Waals surface area contributed by atoms with Gasteiger partial charge in [-0.3, -0.25) is 9.59 Å². The third-order valence-electron chi connectivity index (χ3n) is 5.22. The molecule has 11 heteroatoms. The lowest BCUT2D eigenvalue weighted by atomic mass is 10.1. The van der Waals surface area contributed by atoms with Crippen LogP contribution in [0, 0.1) is 5.82 Å². The van der Waals surface area contributed by atoms with Gasteiger partial charge in [0, 0.05) is 17.8 Å². The van der Waals surface area contributed by atoms with Crippen molar-refractivity contribution in [1.29, 1.82) is 0 Å². The van der Waals surface area contributed by atoms with Gasteiger partial charge in [0.2, 0.25) is 5.95 Å². The predicted octanol–water partition coefficient (Wildman–Crippen LogP) is 2.78. The number of thiophene rings is 1. The van der Waals surface area contributed by atoms with Crippen LogP contribution in [-0.4, -0.2) is 44.2 Å². The largest absolute Gasteiger partial charge is 0.394 e. The van der Waals surface area contributed by atoms with Crippen molar-refractivity contribution in [2.45, 2.75) is 25.9 Å². The third kappa shape index (κ3) is 4.90. The Hall–Kier alpha value is -3.83. The number of aromatic nitrogens is 3. The summed E-state index contributed by atoms with van der Waals surface area (Å²) in [5, 5.41) is 20.8. The van der Waals surface area contributed by atoms with E-state index >= 15 is 0 Å². The molecule has 4 rings (SSSR count). The van der Waals surface area contributed by atoms with Crippen LogP contribution in [0.5, 0.6) is 0 Å². The molecule has 34 heavy (non-hydrogen) atoms. The Labute approximate surface area is 198 Å². The van der Waals surface area contributed by atoms with Gasteiger partial charge >= 0.3 is 0 Å². The number of anilines is 1. The maximum Gasteiger partial charge on any atom is 0.261 e. The van der Waals surface area contributed by atoms with Crippen molar-refractivity contribution < 1.29 is 19.1 Å². The molecule has 0 bridgehead atoms. The second-order valence-corrected chi connectivity index (χ2v) is 8.80. The topological polar surface area (TPSA) is 135 Å². The monoisotopic (exact) mass is 482 g/mol. The van der Waals surface area contributed by atoms with Crippen LogP contribution in [0.15, 0.2) is 48.0 Å². The van der Waals surface area contributed by atoms with Gasteiger partial charge in [0.05, 0.1) is 23.1 Å². The normalized spacial score (nSPS) is 12.9. The molecule has 5 N–H and O–H groups in total. The Bertz CT molecular complexity index is 1350. The highest BCUT2D eigenvalue weighted by molar-refractivity contribution is 7.12. The van der Waals surface area contributed by atoms with Crippen LogP contribution in [0.25, 0.3) is 16.8 Å². The summed E-state index contributed by atoms with van der Waals surface area (Å²) in [6.45, 7) is 3.28. The van der Waals surface area contributed by atoms with E-state index in [9.17, 15) is 19.1 Å². The van der Waals surface area contributed by atoms with Crippen molar-refractivity contribution in [1.82, 2.24) is 25.2 Å². The highest BCUT2D eigenvalue weighted by atomic mass is 32.1. The zero-order valence-corrected chi connectivity index (χ0v) is 19.3. The van der Waals surface area contributed by atoms with Crippen LogP contribution in [0.4, 0.5) is 10.3 Å². The number of nitrogens with zero attached hydrogens (tertiary/aromatic N) is 3. The molecule has 0 spiro atoms. The van der Waals surface area contributed by atoms with Crippen LogP contribution in [0.1, 0.15) is 45.5 Å². The van der Waals surface area contributed by atoms with E-state index in [0.717, 1.165) is 5.56 Å². The maximum absolute atomic E-state index is 13.2. The number of rotatable bonds is 7. The molecule has 3 heterocycles. The van der Waals surface area contributed by atoms with Gasteiger partial charge in [0.1, 0.15) is 5.82 Å². The first-order chi connectivity index (χ1) is 16.2. The van der Waals surface area contributed by atoms with E-state index in [1.165, 1.54) is 28.0 Å². The summed E-state index contributed by atoms with van der Waals surface area (Å²) < 4.78 is 14.6. The highest BCUT2D eigenvalue weighted by Crippen LogP contribution is 2.28. The Morgan fingerprint density at radius 2 is 1.88 bits per heavy atom.